The second kappa shape index (κ2) is 11.2. The molecule has 5 nitrogen and oxygen atoms in total. The van der Waals surface area contributed by atoms with Crippen LogP contribution in [0.3, 0.4) is 0 Å². The summed E-state index contributed by atoms with van der Waals surface area (Å²) in [5, 5.41) is 10.5. The zero-order valence-corrected chi connectivity index (χ0v) is 18.7. The monoisotopic (exact) mass is 422 g/mol. The van der Waals surface area contributed by atoms with Gasteiger partial charge in [-0.05, 0) is 48.4 Å². The molecule has 1 aliphatic rings. The number of rotatable bonds is 10. The Morgan fingerprint density at radius 3 is 2.61 bits per heavy atom. The van der Waals surface area contributed by atoms with Crippen LogP contribution in [0.25, 0.3) is 0 Å². The quantitative estimate of drug-likeness (QED) is 0.596. The van der Waals surface area contributed by atoms with Crippen molar-refractivity contribution in [3.05, 3.63) is 70.8 Å². The first-order valence-electron chi connectivity index (χ1n) is 11.2. The number of β-amino-alcohol motifs (C(OH)–C–C–N with tert-alkyl or cyclic N) is 1. The van der Waals surface area contributed by atoms with Crippen LogP contribution in [-0.4, -0.2) is 59.9 Å². The van der Waals surface area contributed by atoms with Crippen LogP contribution in [-0.2, 0) is 24.2 Å². The van der Waals surface area contributed by atoms with Gasteiger partial charge in [0.15, 0.2) is 5.78 Å². The van der Waals surface area contributed by atoms with Crippen molar-refractivity contribution in [2.24, 2.45) is 0 Å². The predicted molar refractivity (Wildman–Crippen MR) is 123 cm³/mol. The number of aliphatic hydroxyl groups excluding tert-OH is 1. The smallest absolute Gasteiger partial charge is 0.222 e. The van der Waals surface area contributed by atoms with Gasteiger partial charge in [0.2, 0.25) is 5.91 Å². The molecule has 31 heavy (non-hydrogen) atoms. The third kappa shape index (κ3) is 7.01. The molecule has 0 fully saturated rings. The number of carbonyl (C=O) groups excluding carboxylic acids is 2. The number of hydrogen-bond acceptors (Lipinski definition) is 4. The molecule has 3 rings (SSSR count). The largest absolute Gasteiger partial charge is 0.392 e. The Balaban J connectivity index is 1.43. The highest BCUT2D eigenvalue weighted by Gasteiger charge is 2.19. The van der Waals surface area contributed by atoms with Crippen molar-refractivity contribution in [3.8, 4) is 0 Å². The van der Waals surface area contributed by atoms with E-state index in [1.807, 2.05) is 24.3 Å². The standard InChI is InChI=1S/C26H34N2O3/c1-27(2)26(31)12-6-8-20-7-5-11-22(17-20)25(30)14-13-24(29)19-28-16-15-21-9-3-4-10-23(21)18-28/h3-5,7,9-11,17,24,29H,6,8,12-16,18-19H2,1-2H3. The van der Waals surface area contributed by atoms with Gasteiger partial charge in [-0.2, -0.15) is 0 Å². The molecule has 166 valence electrons. The first-order valence-corrected chi connectivity index (χ1v) is 11.2. The summed E-state index contributed by atoms with van der Waals surface area (Å²) in [4.78, 5) is 28.2. The molecule has 0 aliphatic carbocycles. The number of aliphatic hydroxyl groups is 1. The zero-order valence-electron chi connectivity index (χ0n) is 18.7. The highest BCUT2D eigenvalue weighted by atomic mass is 16.3. The molecule has 0 spiro atoms. The van der Waals surface area contributed by atoms with Crippen LogP contribution in [0.2, 0.25) is 0 Å². The molecule has 1 heterocycles. The summed E-state index contributed by atoms with van der Waals surface area (Å²) >= 11 is 0. The average Bonchev–Trinajstić information content (AvgIpc) is 2.77. The molecule has 1 atom stereocenters. The maximum atomic E-state index is 12.6. The summed E-state index contributed by atoms with van der Waals surface area (Å²) in [5.74, 6) is 0.188. The maximum Gasteiger partial charge on any atom is 0.222 e. The lowest BCUT2D eigenvalue weighted by atomic mass is 9.98. The molecular weight excluding hydrogens is 388 g/mol. The Labute approximate surface area is 185 Å². The van der Waals surface area contributed by atoms with Gasteiger partial charge in [0.05, 0.1) is 6.10 Å². The number of hydrogen-bond donors (Lipinski definition) is 1. The zero-order chi connectivity index (χ0) is 22.2. The van der Waals surface area contributed by atoms with Crippen molar-refractivity contribution >= 4 is 11.7 Å². The first-order chi connectivity index (χ1) is 14.9. The van der Waals surface area contributed by atoms with E-state index in [4.69, 9.17) is 0 Å². The molecule has 1 unspecified atom stereocenters. The summed E-state index contributed by atoms with van der Waals surface area (Å²) in [5.41, 5.74) is 4.50. The van der Waals surface area contributed by atoms with Crippen LogP contribution >= 0.6 is 0 Å². The van der Waals surface area contributed by atoms with Crippen molar-refractivity contribution in [3.63, 3.8) is 0 Å². The maximum absolute atomic E-state index is 12.6. The van der Waals surface area contributed by atoms with Crippen molar-refractivity contribution in [1.82, 2.24) is 9.80 Å². The van der Waals surface area contributed by atoms with Gasteiger partial charge in [-0.15, -0.1) is 0 Å². The normalized spacial score (nSPS) is 14.7. The molecule has 0 saturated carbocycles. The van der Waals surface area contributed by atoms with E-state index in [0.29, 0.717) is 31.4 Å². The van der Waals surface area contributed by atoms with E-state index >= 15 is 0 Å². The number of aryl methyl sites for hydroxylation is 1. The molecule has 0 bridgehead atoms. The van der Waals surface area contributed by atoms with Gasteiger partial charge in [0.25, 0.3) is 0 Å². The van der Waals surface area contributed by atoms with E-state index in [9.17, 15) is 14.7 Å². The van der Waals surface area contributed by atoms with Gasteiger partial charge < -0.3 is 10.0 Å². The summed E-state index contributed by atoms with van der Waals surface area (Å²) in [7, 11) is 3.53. The molecule has 2 aromatic rings. The third-order valence-electron chi connectivity index (χ3n) is 5.99. The third-order valence-corrected chi connectivity index (χ3v) is 5.99. The van der Waals surface area contributed by atoms with Gasteiger partial charge in [-0.25, -0.2) is 0 Å². The van der Waals surface area contributed by atoms with Crippen molar-refractivity contribution < 1.29 is 14.7 Å². The lowest BCUT2D eigenvalue weighted by Crippen LogP contribution is -2.36. The fourth-order valence-electron chi connectivity index (χ4n) is 4.11. The molecule has 2 aromatic carbocycles. The SMILES string of the molecule is CN(C)C(=O)CCCc1cccc(C(=O)CCC(O)CN2CCc3ccccc3C2)c1. The van der Waals surface area contributed by atoms with Gasteiger partial charge in [0, 0.05) is 52.1 Å². The number of amides is 1. The number of ketones is 1. The second-order valence-electron chi connectivity index (χ2n) is 8.71. The number of fused-ring (bicyclic) bond motifs is 1. The Hall–Kier alpha value is -2.50. The van der Waals surface area contributed by atoms with Crippen LogP contribution < -0.4 is 0 Å². The van der Waals surface area contributed by atoms with E-state index in [1.54, 1.807) is 19.0 Å². The van der Waals surface area contributed by atoms with Crippen LogP contribution in [0.5, 0.6) is 0 Å². The summed E-state index contributed by atoms with van der Waals surface area (Å²) in [6.45, 7) is 2.40. The van der Waals surface area contributed by atoms with Crippen molar-refractivity contribution in [2.75, 3.05) is 27.2 Å². The minimum atomic E-state index is -0.505. The average molecular weight is 423 g/mol. The summed E-state index contributed by atoms with van der Waals surface area (Å²) < 4.78 is 0. The highest BCUT2D eigenvalue weighted by Crippen LogP contribution is 2.19. The Kier molecular flexibility index (Phi) is 8.38. The van der Waals surface area contributed by atoms with E-state index in [0.717, 1.165) is 37.9 Å². The molecule has 1 N–H and O–H groups in total. The number of benzene rings is 2. The summed E-state index contributed by atoms with van der Waals surface area (Å²) in [6, 6.07) is 16.1. The van der Waals surface area contributed by atoms with Crippen LogP contribution in [0.1, 0.15) is 52.7 Å². The number of carbonyl (C=O) groups is 2. The van der Waals surface area contributed by atoms with Crippen molar-refractivity contribution in [1.29, 1.82) is 0 Å². The Morgan fingerprint density at radius 2 is 1.84 bits per heavy atom. The number of nitrogens with zero attached hydrogens (tertiary/aromatic N) is 2. The lowest BCUT2D eigenvalue weighted by Gasteiger charge is -2.30. The van der Waals surface area contributed by atoms with Crippen LogP contribution in [0.4, 0.5) is 0 Å². The molecular formula is C26H34N2O3. The minimum absolute atomic E-state index is 0.0641. The fourth-order valence-corrected chi connectivity index (χ4v) is 4.11. The van der Waals surface area contributed by atoms with E-state index < -0.39 is 6.10 Å². The van der Waals surface area contributed by atoms with Gasteiger partial charge in [-0.1, -0.05) is 42.5 Å². The lowest BCUT2D eigenvalue weighted by molar-refractivity contribution is -0.128. The van der Waals surface area contributed by atoms with E-state index in [2.05, 4.69) is 29.2 Å². The molecule has 0 saturated heterocycles. The van der Waals surface area contributed by atoms with Crippen LogP contribution in [0, 0.1) is 0 Å². The minimum Gasteiger partial charge on any atom is -0.392 e. The van der Waals surface area contributed by atoms with Crippen molar-refractivity contribution in [2.45, 2.75) is 51.2 Å². The van der Waals surface area contributed by atoms with Gasteiger partial charge >= 0.3 is 0 Å². The second-order valence-corrected chi connectivity index (χ2v) is 8.71. The first kappa shape index (κ1) is 23.2. The molecule has 1 amide bonds. The van der Waals surface area contributed by atoms with E-state index in [1.165, 1.54) is 11.1 Å². The topological polar surface area (TPSA) is 60.9 Å². The molecule has 5 heteroatoms. The Morgan fingerprint density at radius 1 is 1.06 bits per heavy atom. The fraction of sp³-hybridized carbons (Fsp3) is 0.462. The Bertz CT molecular complexity index is 894. The highest BCUT2D eigenvalue weighted by molar-refractivity contribution is 5.96. The van der Waals surface area contributed by atoms with Gasteiger partial charge in [0.1, 0.15) is 0 Å². The predicted octanol–water partition coefficient (Wildman–Crippen LogP) is 3.48. The molecule has 0 radical (unpaired) electrons. The van der Waals surface area contributed by atoms with Crippen LogP contribution in [0.15, 0.2) is 48.5 Å². The van der Waals surface area contributed by atoms with Gasteiger partial charge in [-0.3, -0.25) is 14.5 Å². The molecule has 0 aromatic heterocycles. The number of Topliss-reactive ketones (excluding diaryl/α,β-unsaturated/α-hetero) is 1. The summed E-state index contributed by atoms with van der Waals surface area (Å²) in [6.07, 6.45) is 3.38. The van der Waals surface area contributed by atoms with E-state index in [-0.39, 0.29) is 11.7 Å². The molecule has 1 aliphatic heterocycles.